The topological polar surface area (TPSA) is 67.9 Å². The van der Waals surface area contributed by atoms with Crippen molar-refractivity contribution < 1.29 is 17.9 Å². The van der Waals surface area contributed by atoms with Gasteiger partial charge in [0.05, 0.1) is 10.9 Å². The standard InChI is InChI=1S/C18H22N2O4S2/c21-26(22,14-5-6-16-17(12-14)24-10-9-23-16)19-13-15(18-4-3-11-25-18)20-7-1-2-8-20/h3-6,11-12,15,19H,1-2,7-10,13H2. The molecule has 1 unspecified atom stereocenters. The molecule has 0 spiro atoms. The summed E-state index contributed by atoms with van der Waals surface area (Å²) < 4.78 is 39.3. The highest BCUT2D eigenvalue weighted by Crippen LogP contribution is 2.33. The first-order valence-corrected chi connectivity index (χ1v) is 11.2. The van der Waals surface area contributed by atoms with Gasteiger partial charge in [-0.3, -0.25) is 4.90 Å². The Hall–Kier alpha value is -1.61. The first-order chi connectivity index (χ1) is 12.6. The zero-order chi connectivity index (χ0) is 18.0. The zero-order valence-corrected chi connectivity index (χ0v) is 16.0. The van der Waals surface area contributed by atoms with Gasteiger partial charge in [0.2, 0.25) is 10.0 Å². The number of rotatable bonds is 6. The van der Waals surface area contributed by atoms with Gasteiger partial charge in [-0.05, 0) is 49.5 Å². The van der Waals surface area contributed by atoms with E-state index in [-0.39, 0.29) is 10.9 Å². The molecule has 2 aliphatic rings. The molecule has 0 aliphatic carbocycles. The van der Waals surface area contributed by atoms with Gasteiger partial charge < -0.3 is 9.47 Å². The number of nitrogens with zero attached hydrogens (tertiary/aromatic N) is 1. The smallest absolute Gasteiger partial charge is 0.240 e. The van der Waals surface area contributed by atoms with Gasteiger partial charge in [-0.2, -0.15) is 0 Å². The van der Waals surface area contributed by atoms with Crippen molar-refractivity contribution in [2.75, 3.05) is 32.8 Å². The first kappa shape index (κ1) is 17.8. The fourth-order valence-corrected chi connectivity index (χ4v) is 5.32. The van der Waals surface area contributed by atoms with E-state index in [4.69, 9.17) is 9.47 Å². The number of hydrogen-bond acceptors (Lipinski definition) is 6. The monoisotopic (exact) mass is 394 g/mol. The maximum absolute atomic E-state index is 12.8. The van der Waals surface area contributed by atoms with Crippen LogP contribution in [0.15, 0.2) is 40.6 Å². The quantitative estimate of drug-likeness (QED) is 0.816. The van der Waals surface area contributed by atoms with Crippen LogP contribution in [0.25, 0.3) is 0 Å². The maximum atomic E-state index is 12.8. The Kier molecular flexibility index (Phi) is 5.17. The number of hydrogen-bond donors (Lipinski definition) is 1. The number of likely N-dealkylation sites (tertiary alicyclic amines) is 1. The number of fused-ring (bicyclic) bond motifs is 1. The lowest BCUT2D eigenvalue weighted by Gasteiger charge is -2.27. The Morgan fingerprint density at radius 3 is 2.62 bits per heavy atom. The molecule has 2 aliphatic heterocycles. The van der Waals surface area contributed by atoms with Gasteiger partial charge in [-0.25, -0.2) is 13.1 Å². The third-order valence-corrected chi connectivity index (χ3v) is 7.14. The van der Waals surface area contributed by atoms with Crippen LogP contribution < -0.4 is 14.2 Å². The molecule has 0 radical (unpaired) electrons. The van der Waals surface area contributed by atoms with Gasteiger partial charge >= 0.3 is 0 Å². The van der Waals surface area contributed by atoms with Crippen LogP contribution in [-0.4, -0.2) is 46.2 Å². The highest BCUT2D eigenvalue weighted by Gasteiger charge is 2.27. The second-order valence-electron chi connectivity index (χ2n) is 6.43. The van der Waals surface area contributed by atoms with Gasteiger partial charge in [0.1, 0.15) is 13.2 Å². The zero-order valence-electron chi connectivity index (χ0n) is 14.4. The minimum Gasteiger partial charge on any atom is -0.486 e. The molecule has 4 rings (SSSR count). The molecular formula is C18H22N2O4S2. The Labute approximate surface area is 157 Å². The molecular weight excluding hydrogens is 372 g/mol. The predicted molar refractivity (Wildman–Crippen MR) is 100 cm³/mol. The second-order valence-corrected chi connectivity index (χ2v) is 9.18. The van der Waals surface area contributed by atoms with E-state index in [0.29, 0.717) is 31.3 Å². The molecule has 1 saturated heterocycles. The number of nitrogens with one attached hydrogen (secondary N) is 1. The van der Waals surface area contributed by atoms with E-state index in [2.05, 4.69) is 15.7 Å². The van der Waals surface area contributed by atoms with E-state index < -0.39 is 10.0 Å². The average Bonchev–Trinajstić information content (AvgIpc) is 3.36. The van der Waals surface area contributed by atoms with Crippen LogP contribution in [0, 0.1) is 0 Å². The van der Waals surface area contributed by atoms with E-state index in [9.17, 15) is 8.42 Å². The molecule has 1 aromatic heterocycles. The van der Waals surface area contributed by atoms with Crippen LogP contribution >= 0.6 is 11.3 Å². The fraction of sp³-hybridized carbons (Fsp3) is 0.444. The third-order valence-electron chi connectivity index (χ3n) is 4.74. The van der Waals surface area contributed by atoms with Gasteiger partial charge in [0, 0.05) is 17.5 Å². The van der Waals surface area contributed by atoms with Crippen molar-refractivity contribution in [3.63, 3.8) is 0 Å². The molecule has 1 fully saturated rings. The molecule has 0 saturated carbocycles. The first-order valence-electron chi connectivity index (χ1n) is 8.80. The van der Waals surface area contributed by atoms with Crippen molar-refractivity contribution in [2.45, 2.75) is 23.8 Å². The van der Waals surface area contributed by atoms with E-state index in [1.807, 2.05) is 11.4 Å². The summed E-state index contributed by atoms with van der Waals surface area (Å²) in [7, 11) is -3.62. The summed E-state index contributed by atoms with van der Waals surface area (Å²) in [5, 5.41) is 2.04. The van der Waals surface area contributed by atoms with Crippen LogP contribution in [0.3, 0.4) is 0 Å². The molecule has 1 N–H and O–H groups in total. The van der Waals surface area contributed by atoms with E-state index in [1.165, 1.54) is 10.9 Å². The Morgan fingerprint density at radius 2 is 1.88 bits per heavy atom. The SMILES string of the molecule is O=S(=O)(NCC(c1cccs1)N1CCCC1)c1ccc2c(c1)OCCO2. The van der Waals surface area contributed by atoms with E-state index >= 15 is 0 Å². The van der Waals surface area contributed by atoms with E-state index in [1.54, 1.807) is 23.5 Å². The van der Waals surface area contributed by atoms with Crippen molar-refractivity contribution in [3.8, 4) is 11.5 Å². The summed E-state index contributed by atoms with van der Waals surface area (Å²) in [5.41, 5.74) is 0. The Bertz CT molecular complexity index is 846. The third kappa shape index (κ3) is 3.73. The lowest BCUT2D eigenvalue weighted by atomic mass is 10.2. The van der Waals surface area contributed by atoms with Gasteiger partial charge in [-0.15, -0.1) is 11.3 Å². The van der Waals surface area contributed by atoms with Crippen molar-refractivity contribution in [2.24, 2.45) is 0 Å². The molecule has 8 heteroatoms. The number of benzene rings is 1. The highest BCUT2D eigenvalue weighted by atomic mass is 32.2. The number of sulfonamides is 1. The summed E-state index contributed by atoms with van der Waals surface area (Å²) in [6.45, 7) is 3.29. The molecule has 140 valence electrons. The lowest BCUT2D eigenvalue weighted by molar-refractivity contribution is 0.171. The fourth-order valence-electron chi connectivity index (χ4n) is 3.41. The predicted octanol–water partition coefficient (Wildman–Crippen LogP) is 2.63. The molecule has 1 aromatic carbocycles. The molecule has 0 amide bonds. The van der Waals surface area contributed by atoms with E-state index in [0.717, 1.165) is 25.9 Å². The highest BCUT2D eigenvalue weighted by molar-refractivity contribution is 7.89. The number of ether oxygens (including phenoxy) is 2. The van der Waals surface area contributed by atoms with Crippen molar-refractivity contribution in [1.82, 2.24) is 9.62 Å². The molecule has 26 heavy (non-hydrogen) atoms. The summed E-state index contributed by atoms with van der Waals surface area (Å²) in [6, 6.07) is 8.91. The lowest BCUT2D eigenvalue weighted by Crippen LogP contribution is -2.36. The van der Waals surface area contributed by atoms with Crippen LogP contribution in [0.5, 0.6) is 11.5 Å². The maximum Gasteiger partial charge on any atom is 0.240 e. The largest absolute Gasteiger partial charge is 0.486 e. The molecule has 2 aromatic rings. The van der Waals surface area contributed by atoms with Gasteiger partial charge in [0.25, 0.3) is 0 Å². The molecule has 3 heterocycles. The van der Waals surface area contributed by atoms with Crippen molar-refractivity contribution in [1.29, 1.82) is 0 Å². The van der Waals surface area contributed by atoms with Crippen LogP contribution in [0.1, 0.15) is 23.8 Å². The van der Waals surface area contributed by atoms with Crippen LogP contribution in [-0.2, 0) is 10.0 Å². The summed E-state index contributed by atoms with van der Waals surface area (Å²) in [5.74, 6) is 1.07. The van der Waals surface area contributed by atoms with Gasteiger partial charge in [0.15, 0.2) is 11.5 Å². The minimum absolute atomic E-state index is 0.0736. The number of thiophene rings is 1. The summed E-state index contributed by atoms with van der Waals surface area (Å²) in [6.07, 6.45) is 2.33. The molecule has 1 atom stereocenters. The second kappa shape index (κ2) is 7.56. The molecule has 6 nitrogen and oxygen atoms in total. The normalized spacial score (nSPS) is 18.8. The summed E-state index contributed by atoms with van der Waals surface area (Å²) >= 11 is 1.67. The van der Waals surface area contributed by atoms with Gasteiger partial charge in [-0.1, -0.05) is 6.07 Å². The van der Waals surface area contributed by atoms with Crippen molar-refractivity contribution >= 4 is 21.4 Å². The Balaban J connectivity index is 1.51. The average molecular weight is 395 g/mol. The van der Waals surface area contributed by atoms with Crippen molar-refractivity contribution in [3.05, 3.63) is 40.6 Å². The minimum atomic E-state index is -3.62. The molecule has 0 bridgehead atoms. The summed E-state index contributed by atoms with van der Waals surface area (Å²) in [4.78, 5) is 3.75. The van der Waals surface area contributed by atoms with Crippen LogP contribution in [0.2, 0.25) is 0 Å². The Morgan fingerprint density at radius 1 is 1.12 bits per heavy atom. The van der Waals surface area contributed by atoms with Crippen LogP contribution in [0.4, 0.5) is 0 Å².